The van der Waals surface area contributed by atoms with E-state index >= 15 is 0 Å². The number of anilines is 1. The largest absolute Gasteiger partial charge is 0.457 e. The van der Waals surface area contributed by atoms with Crippen LogP contribution in [0.3, 0.4) is 0 Å². The number of aliphatic hydroxyl groups excluding tert-OH is 1. The molecule has 0 aliphatic rings. The summed E-state index contributed by atoms with van der Waals surface area (Å²) in [7, 11) is 0. The molecule has 0 amide bonds. The molecule has 0 unspecified atom stereocenters. The van der Waals surface area contributed by atoms with E-state index in [1.807, 2.05) is 49.4 Å². The van der Waals surface area contributed by atoms with Gasteiger partial charge >= 0.3 is 0 Å². The molecule has 3 N–H and O–H groups in total. The van der Waals surface area contributed by atoms with Gasteiger partial charge < -0.3 is 15.6 Å². The van der Waals surface area contributed by atoms with Crippen molar-refractivity contribution in [3.05, 3.63) is 53.6 Å². The minimum absolute atomic E-state index is 0.0119. The minimum Gasteiger partial charge on any atom is -0.457 e. The van der Waals surface area contributed by atoms with Gasteiger partial charge in [0, 0.05) is 5.69 Å². The van der Waals surface area contributed by atoms with Crippen LogP contribution in [0.1, 0.15) is 11.1 Å². The van der Waals surface area contributed by atoms with Crippen LogP contribution >= 0.6 is 0 Å². The number of aryl methyl sites for hydroxylation is 1. The van der Waals surface area contributed by atoms with Crippen LogP contribution in [-0.2, 0) is 6.61 Å². The van der Waals surface area contributed by atoms with Crippen LogP contribution in [0.5, 0.6) is 11.5 Å². The van der Waals surface area contributed by atoms with E-state index in [2.05, 4.69) is 0 Å². The van der Waals surface area contributed by atoms with Crippen molar-refractivity contribution in [1.82, 2.24) is 0 Å². The van der Waals surface area contributed by atoms with Gasteiger partial charge in [0.25, 0.3) is 0 Å². The molecule has 3 nitrogen and oxygen atoms in total. The minimum atomic E-state index is 0.0119. The van der Waals surface area contributed by atoms with Crippen molar-refractivity contribution >= 4 is 5.69 Å². The molecule has 3 heteroatoms. The molecule has 0 atom stereocenters. The Labute approximate surface area is 100 Å². The zero-order chi connectivity index (χ0) is 12.3. The Bertz CT molecular complexity index is 523. The van der Waals surface area contributed by atoms with E-state index in [-0.39, 0.29) is 6.61 Å². The molecule has 88 valence electrons. The summed E-state index contributed by atoms with van der Waals surface area (Å²) in [6, 6.07) is 12.9. The average Bonchev–Trinajstić information content (AvgIpc) is 2.34. The van der Waals surface area contributed by atoms with Gasteiger partial charge in [-0.2, -0.15) is 0 Å². The summed E-state index contributed by atoms with van der Waals surface area (Å²) in [5, 5.41) is 9.04. The van der Waals surface area contributed by atoms with E-state index in [9.17, 15) is 0 Å². The fraction of sp³-hybridized carbons (Fsp3) is 0.143. The molecule has 2 aromatic rings. The van der Waals surface area contributed by atoms with Crippen molar-refractivity contribution < 1.29 is 9.84 Å². The topological polar surface area (TPSA) is 55.5 Å². The second kappa shape index (κ2) is 4.89. The molecule has 17 heavy (non-hydrogen) atoms. The second-order valence-corrected chi connectivity index (χ2v) is 3.93. The zero-order valence-electron chi connectivity index (χ0n) is 9.68. The van der Waals surface area contributed by atoms with Gasteiger partial charge in [0.2, 0.25) is 0 Å². The number of nitrogen functional groups attached to an aromatic ring is 1. The standard InChI is InChI=1S/C14H15NO2/c1-10-7-13(5-6-14(10)15)17-12-4-2-3-11(8-12)9-16/h2-8,16H,9,15H2,1H3. The molecule has 0 aliphatic carbocycles. The summed E-state index contributed by atoms with van der Waals surface area (Å²) in [5.41, 5.74) is 8.31. The second-order valence-electron chi connectivity index (χ2n) is 3.93. The summed E-state index contributed by atoms with van der Waals surface area (Å²) >= 11 is 0. The lowest BCUT2D eigenvalue weighted by molar-refractivity contribution is 0.281. The lowest BCUT2D eigenvalue weighted by Crippen LogP contribution is -1.91. The summed E-state index contributed by atoms with van der Waals surface area (Å²) in [6.45, 7) is 1.95. The molecule has 0 spiro atoms. The molecule has 0 saturated carbocycles. The Hall–Kier alpha value is -2.00. The number of benzene rings is 2. The first-order valence-corrected chi connectivity index (χ1v) is 5.43. The van der Waals surface area contributed by atoms with Crippen molar-refractivity contribution in [2.24, 2.45) is 0 Å². The molecule has 0 radical (unpaired) electrons. The van der Waals surface area contributed by atoms with E-state index in [0.29, 0.717) is 5.75 Å². The third-order valence-electron chi connectivity index (χ3n) is 2.56. The predicted molar refractivity (Wildman–Crippen MR) is 68.0 cm³/mol. The van der Waals surface area contributed by atoms with E-state index in [1.54, 1.807) is 0 Å². The smallest absolute Gasteiger partial charge is 0.127 e. The number of hydrogen-bond donors (Lipinski definition) is 2. The summed E-state index contributed by atoms with van der Waals surface area (Å²) in [5.74, 6) is 1.45. The van der Waals surface area contributed by atoms with Crippen LogP contribution in [0, 0.1) is 6.92 Å². The highest BCUT2D eigenvalue weighted by Crippen LogP contribution is 2.25. The third-order valence-corrected chi connectivity index (χ3v) is 2.56. The van der Waals surface area contributed by atoms with Crippen LogP contribution < -0.4 is 10.5 Å². The average molecular weight is 229 g/mol. The van der Waals surface area contributed by atoms with E-state index < -0.39 is 0 Å². The van der Waals surface area contributed by atoms with Crippen LogP contribution in [-0.4, -0.2) is 5.11 Å². The number of aliphatic hydroxyl groups is 1. The van der Waals surface area contributed by atoms with Crippen molar-refractivity contribution in [2.75, 3.05) is 5.73 Å². The molecule has 2 aromatic carbocycles. The van der Waals surface area contributed by atoms with Crippen molar-refractivity contribution in [3.8, 4) is 11.5 Å². The Morgan fingerprint density at radius 3 is 2.59 bits per heavy atom. The van der Waals surface area contributed by atoms with Gasteiger partial charge in [0.1, 0.15) is 11.5 Å². The Morgan fingerprint density at radius 1 is 1.12 bits per heavy atom. The third kappa shape index (κ3) is 2.77. The number of ether oxygens (including phenoxy) is 1. The van der Waals surface area contributed by atoms with Gasteiger partial charge in [-0.15, -0.1) is 0 Å². The highest BCUT2D eigenvalue weighted by molar-refractivity contribution is 5.50. The quantitative estimate of drug-likeness (QED) is 0.796. The fourth-order valence-corrected chi connectivity index (χ4v) is 1.56. The zero-order valence-corrected chi connectivity index (χ0v) is 9.68. The number of hydrogen-bond acceptors (Lipinski definition) is 3. The van der Waals surface area contributed by atoms with E-state index in [4.69, 9.17) is 15.6 Å². The van der Waals surface area contributed by atoms with Gasteiger partial charge in [-0.25, -0.2) is 0 Å². The van der Waals surface area contributed by atoms with Gasteiger partial charge in [-0.05, 0) is 48.4 Å². The van der Waals surface area contributed by atoms with Crippen LogP contribution in [0.2, 0.25) is 0 Å². The molecule has 0 heterocycles. The summed E-state index contributed by atoms with van der Waals surface area (Å²) < 4.78 is 5.69. The van der Waals surface area contributed by atoms with Crippen molar-refractivity contribution in [2.45, 2.75) is 13.5 Å². The monoisotopic (exact) mass is 229 g/mol. The molecular formula is C14H15NO2. The summed E-state index contributed by atoms with van der Waals surface area (Å²) in [6.07, 6.45) is 0. The van der Waals surface area contributed by atoms with Gasteiger partial charge in [0.05, 0.1) is 6.61 Å². The Kier molecular flexibility index (Phi) is 3.30. The van der Waals surface area contributed by atoms with Gasteiger partial charge in [-0.1, -0.05) is 12.1 Å². The lowest BCUT2D eigenvalue weighted by Gasteiger charge is -2.08. The Balaban J connectivity index is 2.22. The predicted octanol–water partition coefficient (Wildman–Crippen LogP) is 2.86. The first kappa shape index (κ1) is 11.5. The Morgan fingerprint density at radius 2 is 1.88 bits per heavy atom. The highest BCUT2D eigenvalue weighted by Gasteiger charge is 2.00. The van der Waals surface area contributed by atoms with Crippen molar-refractivity contribution in [3.63, 3.8) is 0 Å². The molecule has 0 fully saturated rings. The van der Waals surface area contributed by atoms with Crippen LogP contribution in [0.25, 0.3) is 0 Å². The van der Waals surface area contributed by atoms with Gasteiger partial charge in [0.15, 0.2) is 0 Å². The maximum Gasteiger partial charge on any atom is 0.127 e. The van der Waals surface area contributed by atoms with Gasteiger partial charge in [-0.3, -0.25) is 0 Å². The molecule has 0 saturated heterocycles. The van der Waals surface area contributed by atoms with Crippen LogP contribution in [0.4, 0.5) is 5.69 Å². The molecular weight excluding hydrogens is 214 g/mol. The van der Waals surface area contributed by atoms with E-state index in [1.165, 1.54) is 0 Å². The molecule has 0 aromatic heterocycles. The van der Waals surface area contributed by atoms with E-state index in [0.717, 1.165) is 22.6 Å². The highest BCUT2D eigenvalue weighted by atomic mass is 16.5. The normalized spacial score (nSPS) is 10.2. The first-order chi connectivity index (χ1) is 8.19. The number of rotatable bonds is 3. The SMILES string of the molecule is Cc1cc(Oc2cccc(CO)c2)ccc1N. The summed E-state index contributed by atoms with van der Waals surface area (Å²) in [4.78, 5) is 0. The van der Waals surface area contributed by atoms with Crippen molar-refractivity contribution in [1.29, 1.82) is 0 Å². The van der Waals surface area contributed by atoms with Crippen LogP contribution in [0.15, 0.2) is 42.5 Å². The molecule has 2 rings (SSSR count). The number of nitrogens with two attached hydrogens (primary N) is 1. The molecule has 0 aliphatic heterocycles. The maximum absolute atomic E-state index is 9.04. The maximum atomic E-state index is 9.04. The lowest BCUT2D eigenvalue weighted by atomic mass is 10.2. The molecule has 0 bridgehead atoms. The first-order valence-electron chi connectivity index (χ1n) is 5.43. The fourth-order valence-electron chi connectivity index (χ4n) is 1.56.